The number of para-hydroxylation sites is 2. The lowest BCUT2D eigenvalue weighted by molar-refractivity contribution is 0.670. The first-order valence-corrected chi connectivity index (χ1v) is 12.2. The first-order valence-electron chi connectivity index (χ1n) is 12.2. The van der Waals surface area contributed by atoms with Gasteiger partial charge in [-0.25, -0.2) is 0 Å². The summed E-state index contributed by atoms with van der Waals surface area (Å²) in [5.41, 5.74) is 13.6. The summed E-state index contributed by atoms with van der Waals surface area (Å²) in [6.45, 7) is 0. The molecule has 7 aromatic rings. The fraction of sp³-hybridized carbons (Fsp3) is 0.0909. The van der Waals surface area contributed by atoms with Crippen molar-refractivity contribution in [3.8, 4) is 11.1 Å². The third kappa shape index (κ3) is 1.64. The van der Waals surface area contributed by atoms with E-state index in [-0.39, 0.29) is 0 Å². The number of rotatable bonds is 1. The summed E-state index contributed by atoms with van der Waals surface area (Å²) in [5, 5.41) is 11.6. The minimum absolute atomic E-state index is 0.967. The first kappa shape index (κ1) is 16.5. The number of furan rings is 1. The predicted octanol–water partition coefficient (Wildman–Crippen LogP) is 8.43. The van der Waals surface area contributed by atoms with Gasteiger partial charge in [0.05, 0.1) is 0 Å². The predicted molar refractivity (Wildman–Crippen MR) is 140 cm³/mol. The Labute approximate surface area is 195 Å². The second-order valence-corrected chi connectivity index (χ2v) is 10.4. The molecule has 0 radical (unpaired) electrons. The second-order valence-electron chi connectivity index (χ2n) is 10.4. The highest BCUT2D eigenvalue weighted by Crippen LogP contribution is 2.55. The molecule has 3 aliphatic carbocycles. The van der Waals surface area contributed by atoms with Gasteiger partial charge in [-0.1, -0.05) is 60.7 Å². The summed E-state index contributed by atoms with van der Waals surface area (Å²) in [6, 6.07) is 27.2. The van der Waals surface area contributed by atoms with Crippen LogP contribution in [0.3, 0.4) is 0 Å². The van der Waals surface area contributed by atoms with E-state index in [0.717, 1.165) is 30.4 Å². The number of hydrogen-bond donors (Lipinski definition) is 0. The standard InChI is InChI=1S/C33H18O/c1-2-7-26-21(4-1)22-5-3-6-23(33(22)34-26)24-15-20-13-18-9-8-16-12-17-10-11-19-14-25(24)32-30(19)28(17)27(16)29(18)31(20)32/h1-11,15H,12-14H2. The van der Waals surface area contributed by atoms with E-state index in [0.29, 0.717) is 0 Å². The van der Waals surface area contributed by atoms with E-state index >= 15 is 0 Å². The van der Waals surface area contributed by atoms with Gasteiger partial charge in [0, 0.05) is 16.3 Å². The molecule has 1 heteroatoms. The van der Waals surface area contributed by atoms with Gasteiger partial charge in [-0.05, 0) is 103 Å². The molecular weight excluding hydrogens is 412 g/mol. The Morgan fingerprint density at radius 1 is 0.471 bits per heavy atom. The molecule has 1 nitrogen and oxygen atoms in total. The van der Waals surface area contributed by atoms with Gasteiger partial charge in [0.1, 0.15) is 11.2 Å². The van der Waals surface area contributed by atoms with E-state index in [2.05, 4.69) is 72.8 Å². The largest absolute Gasteiger partial charge is 0.455 e. The lowest BCUT2D eigenvalue weighted by Crippen LogP contribution is -1.92. The second kappa shape index (κ2) is 5.18. The van der Waals surface area contributed by atoms with Gasteiger partial charge in [-0.15, -0.1) is 0 Å². The van der Waals surface area contributed by atoms with Crippen LogP contribution in [0.4, 0.5) is 0 Å². The maximum absolute atomic E-state index is 6.49. The van der Waals surface area contributed by atoms with Crippen LogP contribution in [0.2, 0.25) is 0 Å². The van der Waals surface area contributed by atoms with Crippen molar-refractivity contribution in [2.75, 3.05) is 0 Å². The van der Waals surface area contributed by atoms with Crippen LogP contribution in [0.1, 0.15) is 33.4 Å². The maximum atomic E-state index is 6.49. The molecule has 0 aliphatic heterocycles. The molecular formula is C33H18O. The molecule has 0 spiro atoms. The van der Waals surface area contributed by atoms with E-state index < -0.39 is 0 Å². The van der Waals surface area contributed by atoms with E-state index in [1.807, 2.05) is 0 Å². The molecule has 0 fully saturated rings. The average Bonchev–Trinajstić information content (AvgIpc) is 3.61. The highest BCUT2D eigenvalue weighted by molar-refractivity contribution is 6.34. The zero-order valence-electron chi connectivity index (χ0n) is 18.5. The van der Waals surface area contributed by atoms with Crippen LogP contribution < -0.4 is 0 Å². The van der Waals surface area contributed by atoms with Crippen LogP contribution in [-0.4, -0.2) is 0 Å². The summed E-state index contributed by atoms with van der Waals surface area (Å²) in [5.74, 6) is 0. The van der Waals surface area contributed by atoms with Crippen LogP contribution in [0.5, 0.6) is 0 Å². The van der Waals surface area contributed by atoms with Gasteiger partial charge >= 0.3 is 0 Å². The molecule has 10 rings (SSSR count). The molecule has 1 heterocycles. The molecule has 0 atom stereocenters. The monoisotopic (exact) mass is 430 g/mol. The van der Waals surface area contributed by atoms with E-state index in [4.69, 9.17) is 4.42 Å². The molecule has 6 aromatic carbocycles. The molecule has 1 aromatic heterocycles. The Morgan fingerprint density at radius 3 is 1.88 bits per heavy atom. The Bertz CT molecular complexity index is 2100. The van der Waals surface area contributed by atoms with E-state index in [1.165, 1.54) is 71.4 Å². The van der Waals surface area contributed by atoms with Crippen molar-refractivity contribution in [2.45, 2.75) is 19.3 Å². The number of fused-ring (bicyclic) bond motifs is 3. The number of hydrogen-bond acceptors (Lipinski definition) is 1. The zero-order valence-corrected chi connectivity index (χ0v) is 18.5. The van der Waals surface area contributed by atoms with Crippen LogP contribution in [0.25, 0.3) is 65.4 Å². The Kier molecular flexibility index (Phi) is 2.51. The van der Waals surface area contributed by atoms with Crippen LogP contribution in [0.15, 0.2) is 77.2 Å². The SMILES string of the molecule is c1ccc2c(c1)oc1c(-c3cc4c5c6c(ccc7c6c6c(ccc8c6c5c3C8)C7)C4)cccc12. The van der Waals surface area contributed by atoms with Crippen molar-refractivity contribution in [2.24, 2.45) is 0 Å². The van der Waals surface area contributed by atoms with Crippen molar-refractivity contribution in [3.05, 3.63) is 106 Å². The summed E-state index contributed by atoms with van der Waals surface area (Å²) in [6.07, 6.45) is 3.12. The minimum Gasteiger partial charge on any atom is -0.455 e. The van der Waals surface area contributed by atoms with Crippen LogP contribution in [0, 0.1) is 0 Å². The molecule has 0 saturated heterocycles. The van der Waals surface area contributed by atoms with Crippen molar-refractivity contribution in [3.63, 3.8) is 0 Å². The van der Waals surface area contributed by atoms with Gasteiger partial charge in [0.2, 0.25) is 0 Å². The van der Waals surface area contributed by atoms with E-state index in [9.17, 15) is 0 Å². The highest BCUT2D eigenvalue weighted by Gasteiger charge is 2.33. The molecule has 0 N–H and O–H groups in total. The van der Waals surface area contributed by atoms with Crippen molar-refractivity contribution in [1.29, 1.82) is 0 Å². The van der Waals surface area contributed by atoms with E-state index in [1.54, 1.807) is 16.2 Å². The lowest BCUT2D eigenvalue weighted by Gasteiger charge is -2.13. The summed E-state index contributed by atoms with van der Waals surface area (Å²) in [7, 11) is 0. The van der Waals surface area contributed by atoms with Gasteiger partial charge < -0.3 is 4.42 Å². The summed E-state index contributed by atoms with van der Waals surface area (Å²) in [4.78, 5) is 0. The summed E-state index contributed by atoms with van der Waals surface area (Å²) >= 11 is 0. The average molecular weight is 431 g/mol. The quantitative estimate of drug-likeness (QED) is 0.238. The first-order chi connectivity index (χ1) is 16.8. The van der Waals surface area contributed by atoms with Crippen molar-refractivity contribution >= 4 is 54.3 Å². The highest BCUT2D eigenvalue weighted by atomic mass is 16.3. The third-order valence-corrected chi connectivity index (χ3v) is 8.85. The normalized spacial score (nSPS) is 14.7. The molecule has 34 heavy (non-hydrogen) atoms. The van der Waals surface area contributed by atoms with Gasteiger partial charge in [-0.3, -0.25) is 0 Å². The fourth-order valence-corrected chi connectivity index (χ4v) is 7.57. The Hall–Kier alpha value is -4.10. The van der Waals surface area contributed by atoms with Gasteiger partial charge in [0.25, 0.3) is 0 Å². The molecule has 156 valence electrons. The minimum atomic E-state index is 0.967. The molecule has 0 unspecified atom stereocenters. The third-order valence-electron chi connectivity index (χ3n) is 8.85. The zero-order chi connectivity index (χ0) is 21.7. The maximum Gasteiger partial charge on any atom is 0.143 e. The Balaban J connectivity index is 1.43. The van der Waals surface area contributed by atoms with Gasteiger partial charge in [0.15, 0.2) is 0 Å². The molecule has 0 bridgehead atoms. The lowest BCUT2D eigenvalue weighted by atomic mass is 9.90. The van der Waals surface area contributed by atoms with Gasteiger partial charge in [-0.2, -0.15) is 0 Å². The van der Waals surface area contributed by atoms with Crippen LogP contribution in [-0.2, 0) is 19.3 Å². The number of benzene rings is 6. The smallest absolute Gasteiger partial charge is 0.143 e. The molecule has 3 aliphatic rings. The van der Waals surface area contributed by atoms with Crippen molar-refractivity contribution in [1.82, 2.24) is 0 Å². The molecule has 0 amide bonds. The topological polar surface area (TPSA) is 13.1 Å². The molecule has 0 saturated carbocycles. The van der Waals surface area contributed by atoms with Crippen molar-refractivity contribution < 1.29 is 4.42 Å². The van der Waals surface area contributed by atoms with Crippen LogP contribution >= 0.6 is 0 Å². The Morgan fingerprint density at radius 2 is 1.09 bits per heavy atom. The fourth-order valence-electron chi connectivity index (χ4n) is 7.57. The summed E-state index contributed by atoms with van der Waals surface area (Å²) < 4.78 is 6.49.